The molecule has 0 unspecified atom stereocenters. The summed E-state index contributed by atoms with van der Waals surface area (Å²) in [6.07, 6.45) is 2.42. The van der Waals surface area contributed by atoms with Gasteiger partial charge in [-0.2, -0.15) is 0 Å². The van der Waals surface area contributed by atoms with Crippen LogP contribution in [-0.4, -0.2) is 16.6 Å². The van der Waals surface area contributed by atoms with Crippen molar-refractivity contribution >= 4 is 5.70 Å². The van der Waals surface area contributed by atoms with E-state index in [1.54, 1.807) is 35.4 Å². The van der Waals surface area contributed by atoms with Gasteiger partial charge in [0.2, 0.25) is 0 Å². The lowest BCUT2D eigenvalue weighted by atomic mass is 10.2. The first-order valence-corrected chi connectivity index (χ1v) is 7.52. The van der Waals surface area contributed by atoms with E-state index in [4.69, 9.17) is 0 Å². The Balaban J connectivity index is 1.49. The molecule has 2 heterocycles. The van der Waals surface area contributed by atoms with E-state index in [9.17, 15) is 8.78 Å². The number of rotatable bonds is 4. The zero-order chi connectivity index (χ0) is 16.8. The van der Waals surface area contributed by atoms with Crippen molar-refractivity contribution in [1.82, 2.24) is 21.0 Å². The summed E-state index contributed by atoms with van der Waals surface area (Å²) in [5.41, 5.74) is 8.95. The van der Waals surface area contributed by atoms with Gasteiger partial charge in [0.1, 0.15) is 18.2 Å². The van der Waals surface area contributed by atoms with Gasteiger partial charge in [-0.3, -0.25) is 5.43 Å². The van der Waals surface area contributed by atoms with E-state index in [1.807, 2.05) is 6.20 Å². The number of hydrogen-bond acceptors (Lipinski definition) is 4. The van der Waals surface area contributed by atoms with Crippen LogP contribution in [0.25, 0.3) is 5.70 Å². The van der Waals surface area contributed by atoms with Gasteiger partial charge >= 0.3 is 0 Å². The van der Waals surface area contributed by atoms with Crippen LogP contribution in [0.2, 0.25) is 0 Å². The van der Waals surface area contributed by atoms with Gasteiger partial charge in [-0.15, -0.1) is 5.12 Å². The molecule has 2 aromatic rings. The van der Waals surface area contributed by atoms with Crippen molar-refractivity contribution < 1.29 is 8.78 Å². The summed E-state index contributed by atoms with van der Waals surface area (Å²) in [5.74, 6) is 5.68. The van der Waals surface area contributed by atoms with Crippen molar-refractivity contribution in [3.63, 3.8) is 0 Å². The molecule has 0 spiro atoms. The monoisotopic (exact) mass is 326 g/mol. The average Bonchev–Trinajstić information content (AvgIpc) is 3.08. The highest BCUT2D eigenvalue weighted by atomic mass is 19.1. The second-order valence-corrected chi connectivity index (χ2v) is 5.16. The molecule has 0 saturated heterocycles. The van der Waals surface area contributed by atoms with Gasteiger partial charge in [0.25, 0.3) is 0 Å². The largest absolute Gasteiger partial charge is 0.307 e. The molecule has 0 aliphatic carbocycles. The smallest absolute Gasteiger partial charge is 0.131 e. The van der Waals surface area contributed by atoms with E-state index >= 15 is 0 Å². The maximum absolute atomic E-state index is 12.9. The molecule has 0 radical (unpaired) electrons. The van der Waals surface area contributed by atoms with E-state index in [2.05, 4.69) is 27.7 Å². The van der Waals surface area contributed by atoms with Crippen molar-refractivity contribution in [2.45, 2.75) is 13.1 Å². The summed E-state index contributed by atoms with van der Waals surface area (Å²) in [4.78, 5) is 4.08. The molecule has 6 heteroatoms. The first-order valence-electron chi connectivity index (χ1n) is 7.52. The highest BCUT2D eigenvalue weighted by Gasteiger charge is 2.12. The number of benzene rings is 1. The maximum Gasteiger partial charge on any atom is 0.131 e. The maximum atomic E-state index is 12.9. The molecule has 2 N–H and O–H groups in total. The summed E-state index contributed by atoms with van der Waals surface area (Å²) >= 11 is 0. The third-order valence-electron chi connectivity index (χ3n) is 3.40. The molecule has 0 saturated carbocycles. The molecular formula is C18H16F2N4. The Bertz CT molecular complexity index is 791. The Labute approximate surface area is 139 Å². The molecule has 0 amide bonds. The molecule has 0 bridgehead atoms. The number of aromatic nitrogens is 1. The van der Waals surface area contributed by atoms with Crippen LogP contribution >= 0.6 is 0 Å². The SMILES string of the molecule is FCc1cccc(C#CCCN2NC=C(c3ccc(F)cc3)N2)n1. The summed E-state index contributed by atoms with van der Waals surface area (Å²) in [6.45, 7) is 0.0476. The second-order valence-electron chi connectivity index (χ2n) is 5.16. The molecule has 1 aliphatic rings. The Morgan fingerprint density at radius 1 is 1.12 bits per heavy atom. The van der Waals surface area contributed by atoms with Crippen molar-refractivity contribution in [3.8, 4) is 11.8 Å². The summed E-state index contributed by atoms with van der Waals surface area (Å²) in [7, 11) is 0. The molecule has 0 fully saturated rings. The van der Waals surface area contributed by atoms with E-state index < -0.39 is 6.67 Å². The zero-order valence-corrected chi connectivity index (χ0v) is 12.9. The molecule has 122 valence electrons. The Hall–Kier alpha value is -2.91. The van der Waals surface area contributed by atoms with Crippen molar-refractivity contribution in [2.24, 2.45) is 0 Å². The van der Waals surface area contributed by atoms with E-state index in [0.717, 1.165) is 11.3 Å². The van der Waals surface area contributed by atoms with Crippen LogP contribution in [0.1, 0.15) is 23.4 Å². The average molecular weight is 326 g/mol. The lowest BCUT2D eigenvalue weighted by Gasteiger charge is -2.16. The van der Waals surface area contributed by atoms with E-state index in [0.29, 0.717) is 24.4 Å². The van der Waals surface area contributed by atoms with Crippen LogP contribution in [0.15, 0.2) is 48.7 Å². The Morgan fingerprint density at radius 2 is 1.96 bits per heavy atom. The minimum Gasteiger partial charge on any atom is -0.307 e. The van der Waals surface area contributed by atoms with Crippen molar-refractivity contribution in [1.29, 1.82) is 0 Å². The van der Waals surface area contributed by atoms with Gasteiger partial charge in [0, 0.05) is 24.7 Å². The van der Waals surface area contributed by atoms with Gasteiger partial charge in [-0.25, -0.2) is 13.8 Å². The molecule has 0 atom stereocenters. The van der Waals surface area contributed by atoms with Crippen molar-refractivity contribution in [3.05, 3.63) is 71.4 Å². The molecule has 1 aromatic heterocycles. The minimum atomic E-state index is -0.588. The molecule has 1 aromatic carbocycles. The number of nitrogens with zero attached hydrogens (tertiary/aromatic N) is 2. The number of pyridine rings is 1. The third-order valence-corrected chi connectivity index (χ3v) is 3.40. The second kappa shape index (κ2) is 7.57. The van der Waals surface area contributed by atoms with E-state index in [1.165, 1.54) is 12.1 Å². The van der Waals surface area contributed by atoms with Crippen LogP contribution in [0, 0.1) is 17.7 Å². The number of nitrogens with one attached hydrogen (secondary N) is 2. The van der Waals surface area contributed by atoms with Gasteiger partial charge in [-0.05, 0) is 42.3 Å². The normalized spacial score (nSPS) is 13.5. The lowest BCUT2D eigenvalue weighted by Crippen LogP contribution is -2.39. The first-order chi connectivity index (χ1) is 11.7. The van der Waals surface area contributed by atoms with Gasteiger partial charge in [0.05, 0.1) is 11.4 Å². The molecule has 1 aliphatic heterocycles. The fourth-order valence-corrected chi connectivity index (χ4v) is 2.19. The van der Waals surface area contributed by atoms with Crippen LogP contribution in [0.4, 0.5) is 8.78 Å². The fraction of sp³-hybridized carbons (Fsp3) is 0.167. The first kappa shape index (κ1) is 16.0. The van der Waals surface area contributed by atoms with Crippen LogP contribution in [0.3, 0.4) is 0 Å². The fourth-order valence-electron chi connectivity index (χ4n) is 2.19. The number of alkyl halides is 1. The number of halogens is 2. The van der Waals surface area contributed by atoms with Gasteiger partial charge in [-0.1, -0.05) is 12.0 Å². The van der Waals surface area contributed by atoms with Crippen LogP contribution < -0.4 is 10.9 Å². The van der Waals surface area contributed by atoms with Crippen molar-refractivity contribution in [2.75, 3.05) is 6.54 Å². The number of hydrazine groups is 2. The van der Waals surface area contributed by atoms with Crippen LogP contribution in [-0.2, 0) is 6.67 Å². The van der Waals surface area contributed by atoms with Gasteiger partial charge < -0.3 is 5.43 Å². The topological polar surface area (TPSA) is 40.2 Å². The molecule has 24 heavy (non-hydrogen) atoms. The lowest BCUT2D eigenvalue weighted by molar-refractivity contribution is 0.202. The Morgan fingerprint density at radius 3 is 2.75 bits per heavy atom. The summed E-state index contributed by atoms with van der Waals surface area (Å²) in [6, 6.07) is 11.4. The molecule has 3 rings (SSSR count). The minimum absolute atomic E-state index is 0.261. The predicted molar refractivity (Wildman–Crippen MR) is 87.9 cm³/mol. The third kappa shape index (κ3) is 4.09. The summed E-state index contributed by atoms with van der Waals surface area (Å²) in [5, 5.41) is 1.79. The standard InChI is InChI=1S/C18H16F2N4/c19-12-17-6-3-5-16(22-17)4-1-2-11-24-21-13-18(23-24)14-7-9-15(20)10-8-14/h3,5-10,13,21,23H,2,11-12H2. The quantitative estimate of drug-likeness (QED) is 0.848. The van der Waals surface area contributed by atoms with Crippen LogP contribution in [0.5, 0.6) is 0 Å². The molecular weight excluding hydrogens is 310 g/mol. The highest BCUT2D eigenvalue weighted by molar-refractivity contribution is 5.64. The number of hydrogen-bond donors (Lipinski definition) is 2. The Kier molecular flexibility index (Phi) is 5.04. The highest BCUT2D eigenvalue weighted by Crippen LogP contribution is 2.14. The molecule has 4 nitrogen and oxygen atoms in total. The van der Waals surface area contributed by atoms with Gasteiger partial charge in [0.15, 0.2) is 0 Å². The van der Waals surface area contributed by atoms with E-state index in [-0.39, 0.29) is 5.82 Å². The zero-order valence-electron chi connectivity index (χ0n) is 12.9. The predicted octanol–water partition coefficient (Wildman–Crippen LogP) is 2.76. The summed E-state index contributed by atoms with van der Waals surface area (Å²) < 4.78 is 25.5.